The van der Waals surface area contributed by atoms with E-state index in [-0.39, 0.29) is 41.5 Å². The average molecular weight is 488 g/mol. The maximum atomic E-state index is 13.4. The second-order valence-electron chi connectivity index (χ2n) is 8.93. The molecule has 0 radical (unpaired) electrons. The number of benzene rings is 2. The third-order valence-corrected chi connectivity index (χ3v) is 8.63. The van der Waals surface area contributed by atoms with E-state index >= 15 is 0 Å². The molecule has 0 atom stereocenters. The number of sulfonamides is 1. The molecule has 1 aliphatic carbocycles. The molecule has 10 heteroatoms. The summed E-state index contributed by atoms with van der Waals surface area (Å²) in [5, 5.41) is 11.1. The van der Waals surface area contributed by atoms with Crippen molar-refractivity contribution >= 4 is 21.6 Å². The summed E-state index contributed by atoms with van der Waals surface area (Å²) in [5.74, 6) is 0.596. The van der Waals surface area contributed by atoms with Crippen molar-refractivity contribution in [2.45, 2.75) is 50.1 Å². The highest BCUT2D eigenvalue weighted by atomic mass is 32.2. The predicted molar refractivity (Wildman–Crippen MR) is 126 cm³/mol. The quantitative estimate of drug-likeness (QED) is 0.416. The van der Waals surface area contributed by atoms with Gasteiger partial charge in [-0.3, -0.25) is 14.9 Å². The van der Waals surface area contributed by atoms with Crippen LogP contribution in [0.15, 0.2) is 47.4 Å². The number of piperidine rings is 1. The molecular formula is C24H29N3O6S. The molecule has 1 saturated carbocycles. The molecule has 0 unspecified atom stereocenters. The number of rotatable bonds is 8. The summed E-state index contributed by atoms with van der Waals surface area (Å²) in [5.41, 5.74) is 1.23. The fourth-order valence-corrected chi connectivity index (χ4v) is 6.11. The number of carbonyl (C=O) groups is 1. The third-order valence-electron chi connectivity index (χ3n) is 6.59. The number of nitro benzene ring substituents is 1. The molecule has 1 heterocycles. The molecule has 0 spiro atoms. The van der Waals surface area contributed by atoms with Gasteiger partial charge in [0, 0.05) is 43.7 Å². The molecule has 0 aromatic heterocycles. The molecule has 2 aromatic carbocycles. The lowest BCUT2D eigenvalue weighted by Crippen LogP contribution is -2.45. The summed E-state index contributed by atoms with van der Waals surface area (Å²) < 4.78 is 33.0. The highest BCUT2D eigenvalue weighted by Gasteiger charge is 2.39. The Morgan fingerprint density at radius 2 is 1.76 bits per heavy atom. The van der Waals surface area contributed by atoms with Gasteiger partial charge in [0.05, 0.1) is 16.9 Å². The van der Waals surface area contributed by atoms with Gasteiger partial charge in [-0.05, 0) is 55.9 Å². The molecule has 2 fully saturated rings. The highest BCUT2D eigenvalue weighted by Crippen LogP contribution is 2.33. The molecule has 1 saturated heterocycles. The third kappa shape index (κ3) is 5.07. The first kappa shape index (κ1) is 24.2. The Bertz CT molecular complexity index is 1170. The smallest absolute Gasteiger partial charge is 0.270 e. The fourth-order valence-electron chi connectivity index (χ4n) is 4.40. The van der Waals surface area contributed by atoms with Gasteiger partial charge in [-0.1, -0.05) is 18.2 Å². The molecule has 0 bridgehead atoms. The predicted octanol–water partition coefficient (Wildman–Crippen LogP) is 3.50. The van der Waals surface area contributed by atoms with Crippen LogP contribution in [0.3, 0.4) is 0 Å². The number of hydrogen-bond acceptors (Lipinski definition) is 6. The minimum absolute atomic E-state index is 0.0504. The Balaban J connectivity index is 1.43. The van der Waals surface area contributed by atoms with Crippen molar-refractivity contribution in [2.24, 2.45) is 5.92 Å². The minimum Gasteiger partial charge on any atom is -0.497 e. The molecule has 34 heavy (non-hydrogen) atoms. The number of hydrogen-bond donors (Lipinski definition) is 0. The van der Waals surface area contributed by atoms with Crippen LogP contribution >= 0.6 is 0 Å². The van der Waals surface area contributed by atoms with Crippen molar-refractivity contribution in [3.05, 3.63) is 63.7 Å². The van der Waals surface area contributed by atoms with E-state index in [4.69, 9.17) is 4.74 Å². The molecule has 2 aliphatic rings. The molecular weight excluding hydrogens is 458 g/mol. The van der Waals surface area contributed by atoms with E-state index in [0.29, 0.717) is 24.9 Å². The lowest BCUT2D eigenvalue weighted by molar-refractivity contribution is -0.385. The summed E-state index contributed by atoms with van der Waals surface area (Å²) >= 11 is 0. The molecule has 182 valence electrons. The molecule has 1 amide bonds. The molecule has 9 nitrogen and oxygen atoms in total. The first-order valence-corrected chi connectivity index (χ1v) is 12.8. The van der Waals surface area contributed by atoms with Gasteiger partial charge in [-0.15, -0.1) is 0 Å². The Labute approximate surface area is 199 Å². The molecule has 1 aliphatic heterocycles. The molecule has 4 rings (SSSR count). The zero-order valence-electron chi connectivity index (χ0n) is 19.3. The van der Waals surface area contributed by atoms with Crippen LogP contribution in [-0.2, 0) is 21.4 Å². The van der Waals surface area contributed by atoms with E-state index < -0.39 is 14.9 Å². The SMILES string of the molecule is COc1ccc(CN(C(=O)C2CCN(S(=O)(=O)c3cc([N+](=O)[O-])ccc3C)CC2)C2CC2)cc1. The Hall–Kier alpha value is -2.98. The van der Waals surface area contributed by atoms with E-state index in [2.05, 4.69) is 0 Å². The summed E-state index contributed by atoms with van der Waals surface area (Å²) in [6.07, 6.45) is 2.83. The van der Waals surface area contributed by atoms with Crippen LogP contribution < -0.4 is 4.74 Å². The van der Waals surface area contributed by atoms with E-state index in [0.717, 1.165) is 30.2 Å². The van der Waals surface area contributed by atoms with Crippen molar-refractivity contribution in [3.8, 4) is 5.75 Å². The van der Waals surface area contributed by atoms with Crippen LogP contribution in [-0.4, -0.2) is 54.7 Å². The van der Waals surface area contributed by atoms with Gasteiger partial charge in [-0.2, -0.15) is 4.31 Å². The number of carbonyl (C=O) groups excluding carboxylic acids is 1. The minimum atomic E-state index is -3.89. The number of nitrogens with zero attached hydrogens (tertiary/aromatic N) is 3. The molecule has 2 aromatic rings. The van der Waals surface area contributed by atoms with Crippen LogP contribution in [0.4, 0.5) is 5.69 Å². The number of non-ortho nitro benzene ring substituents is 1. The van der Waals surface area contributed by atoms with Gasteiger partial charge in [0.1, 0.15) is 5.75 Å². The lowest BCUT2D eigenvalue weighted by atomic mass is 9.96. The second-order valence-corrected chi connectivity index (χ2v) is 10.8. The highest BCUT2D eigenvalue weighted by molar-refractivity contribution is 7.89. The van der Waals surface area contributed by atoms with Crippen molar-refractivity contribution < 1.29 is 22.9 Å². The maximum Gasteiger partial charge on any atom is 0.270 e. The largest absolute Gasteiger partial charge is 0.497 e. The topological polar surface area (TPSA) is 110 Å². The zero-order valence-corrected chi connectivity index (χ0v) is 20.2. The van der Waals surface area contributed by atoms with Gasteiger partial charge in [0.25, 0.3) is 5.69 Å². The summed E-state index contributed by atoms with van der Waals surface area (Å²) in [6, 6.07) is 11.8. The van der Waals surface area contributed by atoms with Gasteiger partial charge < -0.3 is 9.64 Å². The fraction of sp³-hybridized carbons (Fsp3) is 0.458. The number of amides is 1. The van der Waals surface area contributed by atoms with E-state index in [9.17, 15) is 23.3 Å². The number of aryl methyl sites for hydroxylation is 1. The Kier molecular flexibility index (Phi) is 6.90. The summed E-state index contributed by atoms with van der Waals surface area (Å²) in [4.78, 5) is 25.8. The number of ether oxygens (including phenoxy) is 1. The van der Waals surface area contributed by atoms with Crippen molar-refractivity contribution in [2.75, 3.05) is 20.2 Å². The van der Waals surface area contributed by atoms with Gasteiger partial charge in [-0.25, -0.2) is 8.42 Å². The monoisotopic (exact) mass is 487 g/mol. The van der Waals surface area contributed by atoms with E-state index in [1.807, 2.05) is 29.2 Å². The lowest BCUT2D eigenvalue weighted by Gasteiger charge is -2.34. The van der Waals surface area contributed by atoms with Crippen LogP contribution in [0.5, 0.6) is 5.75 Å². The second kappa shape index (κ2) is 9.71. The van der Waals surface area contributed by atoms with Gasteiger partial charge >= 0.3 is 0 Å². The summed E-state index contributed by atoms with van der Waals surface area (Å²) in [7, 11) is -2.27. The Morgan fingerprint density at radius 1 is 1.12 bits per heavy atom. The van der Waals surface area contributed by atoms with Crippen LogP contribution in [0.1, 0.15) is 36.8 Å². The number of methoxy groups -OCH3 is 1. The summed E-state index contributed by atoms with van der Waals surface area (Å²) in [6.45, 7) is 2.57. The van der Waals surface area contributed by atoms with Gasteiger partial charge in [0.15, 0.2) is 0 Å². The first-order valence-electron chi connectivity index (χ1n) is 11.4. The molecule has 0 N–H and O–H groups in total. The van der Waals surface area contributed by atoms with E-state index in [1.54, 1.807) is 14.0 Å². The maximum absolute atomic E-state index is 13.4. The zero-order chi connectivity index (χ0) is 24.5. The van der Waals surface area contributed by atoms with Crippen LogP contribution in [0, 0.1) is 23.0 Å². The van der Waals surface area contributed by atoms with Crippen LogP contribution in [0.25, 0.3) is 0 Å². The van der Waals surface area contributed by atoms with Crippen molar-refractivity contribution in [1.29, 1.82) is 0 Å². The Morgan fingerprint density at radius 3 is 2.32 bits per heavy atom. The standard InChI is InChI=1S/C24H29N3O6S/c1-17-3-6-21(27(29)30)15-23(17)34(31,32)25-13-11-19(12-14-25)24(28)26(20-7-8-20)16-18-4-9-22(33-2)10-5-18/h3-6,9-10,15,19-20H,7-8,11-14,16H2,1-2H3. The van der Waals surface area contributed by atoms with E-state index in [1.165, 1.54) is 16.4 Å². The van der Waals surface area contributed by atoms with Crippen molar-refractivity contribution in [1.82, 2.24) is 9.21 Å². The normalized spacial score (nSPS) is 17.4. The number of nitro groups is 1. The van der Waals surface area contributed by atoms with Crippen molar-refractivity contribution in [3.63, 3.8) is 0 Å². The van der Waals surface area contributed by atoms with Gasteiger partial charge in [0.2, 0.25) is 15.9 Å². The average Bonchev–Trinajstić information content (AvgIpc) is 3.68. The van der Waals surface area contributed by atoms with Crippen LogP contribution in [0.2, 0.25) is 0 Å². The first-order chi connectivity index (χ1) is 16.2.